The fourth-order valence-corrected chi connectivity index (χ4v) is 1.91. The molecule has 0 heterocycles. The first-order valence-corrected chi connectivity index (χ1v) is 5.17. The summed E-state index contributed by atoms with van der Waals surface area (Å²) >= 11 is 11.9. The maximum atomic E-state index is 9.35. The second-order valence-electron chi connectivity index (χ2n) is 3.17. The lowest BCUT2D eigenvalue weighted by atomic mass is 10.1. The molecule has 0 aliphatic carbocycles. The zero-order valence-electron chi connectivity index (χ0n) is 7.74. The maximum absolute atomic E-state index is 9.35. The molecule has 1 N–H and O–H groups in total. The lowest BCUT2D eigenvalue weighted by Gasteiger charge is -2.05. The van der Waals surface area contributed by atoms with E-state index in [1.165, 1.54) is 0 Å². The van der Waals surface area contributed by atoms with Gasteiger partial charge in [-0.2, -0.15) is 0 Å². The smallest absolute Gasteiger partial charge is 0.116 e. The van der Waals surface area contributed by atoms with Crippen molar-refractivity contribution in [3.05, 3.63) is 52.5 Å². The number of halogens is 2. The van der Waals surface area contributed by atoms with Gasteiger partial charge in [0.1, 0.15) is 5.75 Å². The molecule has 0 saturated heterocycles. The van der Waals surface area contributed by atoms with E-state index in [1.54, 1.807) is 30.3 Å². The van der Waals surface area contributed by atoms with Crippen molar-refractivity contribution in [1.82, 2.24) is 0 Å². The van der Waals surface area contributed by atoms with Crippen LogP contribution in [-0.2, 0) is 0 Å². The number of phenols is 1. The van der Waals surface area contributed by atoms with Gasteiger partial charge in [0.05, 0.1) is 0 Å². The first kappa shape index (κ1) is 10.3. The van der Waals surface area contributed by atoms with Gasteiger partial charge in [0.25, 0.3) is 0 Å². The molecule has 0 bridgehead atoms. The van der Waals surface area contributed by atoms with Gasteiger partial charge >= 0.3 is 0 Å². The van der Waals surface area contributed by atoms with Gasteiger partial charge in [-0.15, -0.1) is 0 Å². The predicted octanol–water partition coefficient (Wildman–Crippen LogP) is 4.37. The van der Waals surface area contributed by atoms with Crippen molar-refractivity contribution in [3.8, 4) is 16.9 Å². The third-order valence-corrected chi connectivity index (χ3v) is 2.64. The third-order valence-electron chi connectivity index (χ3n) is 2.09. The largest absolute Gasteiger partial charge is 0.508 e. The van der Waals surface area contributed by atoms with E-state index in [-0.39, 0.29) is 5.75 Å². The summed E-state index contributed by atoms with van der Waals surface area (Å²) in [5.74, 6) is 0.221. The van der Waals surface area contributed by atoms with Gasteiger partial charge < -0.3 is 5.11 Å². The summed E-state index contributed by atoms with van der Waals surface area (Å²) in [4.78, 5) is 0. The SMILES string of the molecule is Oc1cccc(-c2ccc(Cl)cc2Cl)c1. The van der Waals surface area contributed by atoms with E-state index in [2.05, 4.69) is 0 Å². The molecule has 0 spiro atoms. The molecule has 3 heteroatoms. The Morgan fingerprint density at radius 2 is 1.73 bits per heavy atom. The highest BCUT2D eigenvalue weighted by Crippen LogP contribution is 2.31. The first-order chi connectivity index (χ1) is 7.16. The number of rotatable bonds is 1. The topological polar surface area (TPSA) is 20.2 Å². The van der Waals surface area contributed by atoms with Crippen LogP contribution in [-0.4, -0.2) is 5.11 Å². The van der Waals surface area contributed by atoms with Crippen LogP contribution in [0.25, 0.3) is 11.1 Å². The molecule has 0 saturated carbocycles. The Bertz CT molecular complexity index is 495. The molecular formula is C12H8Cl2O. The van der Waals surface area contributed by atoms with Crippen molar-refractivity contribution in [2.75, 3.05) is 0 Å². The highest BCUT2D eigenvalue weighted by molar-refractivity contribution is 6.36. The van der Waals surface area contributed by atoms with E-state index in [9.17, 15) is 5.11 Å². The molecule has 15 heavy (non-hydrogen) atoms. The van der Waals surface area contributed by atoms with Crippen molar-refractivity contribution < 1.29 is 5.11 Å². The Morgan fingerprint density at radius 1 is 0.933 bits per heavy atom. The average Bonchev–Trinajstić information content (AvgIpc) is 2.17. The van der Waals surface area contributed by atoms with Crippen LogP contribution < -0.4 is 0 Å². The molecule has 2 aromatic rings. The number of phenolic OH excluding ortho intramolecular Hbond substituents is 1. The molecule has 0 amide bonds. The molecular weight excluding hydrogens is 231 g/mol. The lowest BCUT2D eigenvalue weighted by Crippen LogP contribution is -1.79. The summed E-state index contributed by atoms with van der Waals surface area (Å²) < 4.78 is 0. The van der Waals surface area contributed by atoms with Crippen molar-refractivity contribution in [2.24, 2.45) is 0 Å². The van der Waals surface area contributed by atoms with Crippen LogP contribution in [0, 0.1) is 0 Å². The Labute approximate surface area is 97.9 Å². The van der Waals surface area contributed by atoms with Crippen molar-refractivity contribution in [3.63, 3.8) is 0 Å². The lowest BCUT2D eigenvalue weighted by molar-refractivity contribution is 0.475. The van der Waals surface area contributed by atoms with E-state index in [0.717, 1.165) is 11.1 Å². The summed E-state index contributed by atoms with van der Waals surface area (Å²) in [6.45, 7) is 0. The minimum atomic E-state index is 0.221. The first-order valence-electron chi connectivity index (χ1n) is 4.41. The highest BCUT2D eigenvalue weighted by atomic mass is 35.5. The van der Waals surface area contributed by atoms with Gasteiger partial charge in [0.2, 0.25) is 0 Å². The molecule has 0 radical (unpaired) electrons. The Balaban J connectivity index is 2.54. The summed E-state index contributed by atoms with van der Waals surface area (Å²) in [5, 5.41) is 10.5. The molecule has 1 nitrogen and oxygen atoms in total. The van der Waals surface area contributed by atoms with Crippen LogP contribution in [0.2, 0.25) is 10.0 Å². The van der Waals surface area contributed by atoms with Gasteiger partial charge in [0, 0.05) is 15.6 Å². The van der Waals surface area contributed by atoms with E-state index in [4.69, 9.17) is 23.2 Å². The third kappa shape index (κ3) is 2.25. The Hall–Kier alpha value is -1.18. The molecule has 76 valence electrons. The number of aromatic hydroxyl groups is 1. The Kier molecular flexibility index (Phi) is 2.85. The normalized spacial score (nSPS) is 10.3. The summed E-state index contributed by atoms with van der Waals surface area (Å²) in [5.41, 5.74) is 1.73. The molecule has 2 aromatic carbocycles. The standard InChI is InChI=1S/C12H8Cl2O/c13-9-4-5-11(12(14)7-9)8-2-1-3-10(15)6-8/h1-7,15H. The van der Waals surface area contributed by atoms with Crippen LogP contribution in [0.5, 0.6) is 5.75 Å². The van der Waals surface area contributed by atoms with Crippen LogP contribution in [0.4, 0.5) is 0 Å². The number of benzene rings is 2. The molecule has 2 rings (SSSR count). The molecule has 0 unspecified atom stereocenters. The molecule has 0 atom stereocenters. The van der Waals surface area contributed by atoms with Crippen molar-refractivity contribution in [2.45, 2.75) is 0 Å². The van der Waals surface area contributed by atoms with Crippen molar-refractivity contribution in [1.29, 1.82) is 0 Å². The molecule has 0 aliphatic rings. The zero-order chi connectivity index (χ0) is 10.8. The van der Waals surface area contributed by atoms with E-state index >= 15 is 0 Å². The van der Waals surface area contributed by atoms with Crippen molar-refractivity contribution >= 4 is 23.2 Å². The molecule has 0 aliphatic heterocycles. The van der Waals surface area contributed by atoms with Gasteiger partial charge in [0.15, 0.2) is 0 Å². The predicted molar refractivity (Wildman–Crippen MR) is 63.6 cm³/mol. The van der Waals surface area contributed by atoms with Crippen LogP contribution in [0.15, 0.2) is 42.5 Å². The second kappa shape index (κ2) is 4.13. The summed E-state index contributed by atoms with van der Waals surface area (Å²) in [6, 6.07) is 12.2. The average molecular weight is 239 g/mol. The van der Waals surface area contributed by atoms with Crippen LogP contribution >= 0.6 is 23.2 Å². The monoisotopic (exact) mass is 238 g/mol. The van der Waals surface area contributed by atoms with Gasteiger partial charge in [-0.1, -0.05) is 41.4 Å². The zero-order valence-corrected chi connectivity index (χ0v) is 9.26. The highest BCUT2D eigenvalue weighted by Gasteiger charge is 2.04. The second-order valence-corrected chi connectivity index (χ2v) is 4.02. The summed E-state index contributed by atoms with van der Waals surface area (Å²) in [7, 11) is 0. The Morgan fingerprint density at radius 3 is 2.40 bits per heavy atom. The number of hydrogen-bond donors (Lipinski definition) is 1. The minimum Gasteiger partial charge on any atom is -0.508 e. The van der Waals surface area contributed by atoms with Gasteiger partial charge in [-0.05, 0) is 29.8 Å². The minimum absolute atomic E-state index is 0.221. The van der Waals surface area contributed by atoms with Gasteiger partial charge in [-0.25, -0.2) is 0 Å². The maximum Gasteiger partial charge on any atom is 0.116 e. The fourth-order valence-electron chi connectivity index (χ4n) is 1.40. The van der Waals surface area contributed by atoms with E-state index in [0.29, 0.717) is 10.0 Å². The number of hydrogen-bond acceptors (Lipinski definition) is 1. The molecule has 0 aromatic heterocycles. The van der Waals surface area contributed by atoms with Crippen LogP contribution in [0.1, 0.15) is 0 Å². The summed E-state index contributed by atoms with van der Waals surface area (Å²) in [6.07, 6.45) is 0. The quantitative estimate of drug-likeness (QED) is 0.783. The van der Waals surface area contributed by atoms with E-state index < -0.39 is 0 Å². The van der Waals surface area contributed by atoms with Gasteiger partial charge in [-0.3, -0.25) is 0 Å². The van der Waals surface area contributed by atoms with E-state index in [1.807, 2.05) is 12.1 Å². The molecule has 0 fully saturated rings. The van der Waals surface area contributed by atoms with Crippen LogP contribution in [0.3, 0.4) is 0 Å². The fraction of sp³-hybridized carbons (Fsp3) is 0.